The van der Waals surface area contributed by atoms with E-state index in [1.54, 1.807) is 0 Å². The van der Waals surface area contributed by atoms with Gasteiger partial charge in [0.25, 0.3) is 0 Å². The van der Waals surface area contributed by atoms with E-state index in [1.807, 2.05) is 0 Å². The fraction of sp³-hybridized carbons (Fsp3) is 0.765. The third kappa shape index (κ3) is 5.39. The molecule has 1 atom stereocenters. The van der Waals surface area contributed by atoms with E-state index in [2.05, 4.69) is 39.8 Å². The molecule has 1 aliphatic rings. The van der Waals surface area contributed by atoms with Crippen LogP contribution < -0.4 is 5.73 Å². The SMILES string of the molecule is CC(C)=CCC/C(C)=C/C(C)(N)C1CCCCC1. The molecule has 1 heteroatoms. The Bertz CT molecular complexity index is 300. The van der Waals surface area contributed by atoms with Crippen LogP contribution in [0, 0.1) is 5.92 Å². The Morgan fingerprint density at radius 2 is 1.78 bits per heavy atom. The number of hydrogen-bond donors (Lipinski definition) is 1. The molecule has 0 aliphatic heterocycles. The molecular weight excluding hydrogens is 218 g/mol. The van der Waals surface area contributed by atoms with Crippen molar-refractivity contribution < 1.29 is 0 Å². The summed E-state index contributed by atoms with van der Waals surface area (Å²) >= 11 is 0. The summed E-state index contributed by atoms with van der Waals surface area (Å²) in [5.74, 6) is 0.685. The normalized spacial score (nSPS) is 21.5. The Morgan fingerprint density at radius 3 is 2.33 bits per heavy atom. The summed E-state index contributed by atoms with van der Waals surface area (Å²) in [6.45, 7) is 8.77. The molecule has 1 aliphatic carbocycles. The van der Waals surface area contributed by atoms with E-state index >= 15 is 0 Å². The van der Waals surface area contributed by atoms with Gasteiger partial charge in [-0.3, -0.25) is 0 Å². The van der Waals surface area contributed by atoms with Gasteiger partial charge in [0, 0.05) is 5.54 Å². The van der Waals surface area contributed by atoms with Crippen molar-refractivity contribution in [2.75, 3.05) is 0 Å². The van der Waals surface area contributed by atoms with Crippen molar-refractivity contribution >= 4 is 0 Å². The minimum absolute atomic E-state index is 0.102. The quantitative estimate of drug-likeness (QED) is 0.683. The van der Waals surface area contributed by atoms with E-state index in [0.717, 1.165) is 12.8 Å². The van der Waals surface area contributed by atoms with Gasteiger partial charge in [0.1, 0.15) is 0 Å². The second-order valence-corrected chi connectivity index (χ2v) is 6.51. The monoisotopic (exact) mass is 249 g/mol. The zero-order valence-corrected chi connectivity index (χ0v) is 12.8. The van der Waals surface area contributed by atoms with Gasteiger partial charge in [-0.25, -0.2) is 0 Å². The average Bonchev–Trinajstić information content (AvgIpc) is 2.29. The van der Waals surface area contributed by atoms with Gasteiger partial charge in [0.2, 0.25) is 0 Å². The Morgan fingerprint density at radius 1 is 1.17 bits per heavy atom. The molecule has 1 nitrogen and oxygen atoms in total. The third-order valence-corrected chi connectivity index (χ3v) is 4.13. The van der Waals surface area contributed by atoms with Crippen LogP contribution in [0.4, 0.5) is 0 Å². The molecule has 0 saturated heterocycles. The predicted molar refractivity (Wildman–Crippen MR) is 81.6 cm³/mol. The molecule has 0 heterocycles. The van der Waals surface area contributed by atoms with Crippen LogP contribution in [0.25, 0.3) is 0 Å². The van der Waals surface area contributed by atoms with Crippen LogP contribution in [0.15, 0.2) is 23.3 Å². The van der Waals surface area contributed by atoms with E-state index in [-0.39, 0.29) is 5.54 Å². The lowest BCUT2D eigenvalue weighted by Gasteiger charge is -2.35. The topological polar surface area (TPSA) is 26.0 Å². The number of rotatable bonds is 5. The maximum Gasteiger partial charge on any atom is 0.0341 e. The summed E-state index contributed by atoms with van der Waals surface area (Å²) in [5, 5.41) is 0. The lowest BCUT2D eigenvalue weighted by Crippen LogP contribution is -2.43. The highest BCUT2D eigenvalue weighted by atomic mass is 14.7. The van der Waals surface area contributed by atoms with Crippen LogP contribution in [-0.4, -0.2) is 5.54 Å². The summed E-state index contributed by atoms with van der Waals surface area (Å²) in [4.78, 5) is 0. The standard InChI is InChI=1S/C17H31N/c1-14(2)9-8-10-15(3)13-17(4,18)16-11-6-5-7-12-16/h9,13,16H,5-8,10-12,18H2,1-4H3/b15-13+. The van der Waals surface area contributed by atoms with Crippen molar-refractivity contribution in [3.63, 3.8) is 0 Å². The molecule has 1 unspecified atom stereocenters. The van der Waals surface area contributed by atoms with Crippen molar-refractivity contribution in [2.45, 2.75) is 78.2 Å². The van der Waals surface area contributed by atoms with Crippen molar-refractivity contribution in [1.29, 1.82) is 0 Å². The van der Waals surface area contributed by atoms with E-state index in [4.69, 9.17) is 5.73 Å². The van der Waals surface area contributed by atoms with Crippen LogP contribution in [0.5, 0.6) is 0 Å². The second-order valence-electron chi connectivity index (χ2n) is 6.51. The Kier molecular flexibility index (Phi) is 6.14. The average molecular weight is 249 g/mol. The first-order chi connectivity index (χ1) is 8.42. The molecular formula is C17H31N. The Balaban J connectivity index is 2.52. The molecule has 18 heavy (non-hydrogen) atoms. The maximum absolute atomic E-state index is 6.53. The second kappa shape index (κ2) is 7.13. The molecule has 104 valence electrons. The Labute approximate surface area is 114 Å². The van der Waals surface area contributed by atoms with Gasteiger partial charge in [0.05, 0.1) is 0 Å². The van der Waals surface area contributed by atoms with Gasteiger partial charge in [0.15, 0.2) is 0 Å². The number of hydrogen-bond acceptors (Lipinski definition) is 1. The minimum Gasteiger partial charge on any atom is -0.322 e. The summed E-state index contributed by atoms with van der Waals surface area (Å²) in [6.07, 6.45) is 13.7. The van der Waals surface area contributed by atoms with Crippen molar-refractivity contribution in [2.24, 2.45) is 11.7 Å². The maximum atomic E-state index is 6.53. The molecule has 0 amide bonds. The zero-order valence-electron chi connectivity index (χ0n) is 12.8. The van der Waals surface area contributed by atoms with Crippen LogP contribution in [0.2, 0.25) is 0 Å². The lowest BCUT2D eigenvalue weighted by molar-refractivity contribution is 0.263. The molecule has 0 bridgehead atoms. The number of nitrogens with two attached hydrogens (primary N) is 1. The van der Waals surface area contributed by atoms with Crippen LogP contribution in [0.3, 0.4) is 0 Å². The zero-order chi connectivity index (χ0) is 13.6. The molecule has 1 fully saturated rings. The van der Waals surface area contributed by atoms with Crippen LogP contribution in [-0.2, 0) is 0 Å². The summed E-state index contributed by atoms with van der Waals surface area (Å²) in [7, 11) is 0. The summed E-state index contributed by atoms with van der Waals surface area (Å²) in [5.41, 5.74) is 9.29. The molecule has 1 saturated carbocycles. The summed E-state index contributed by atoms with van der Waals surface area (Å²) in [6, 6.07) is 0. The number of allylic oxidation sites excluding steroid dienone is 3. The largest absolute Gasteiger partial charge is 0.322 e. The molecule has 2 N–H and O–H groups in total. The highest BCUT2D eigenvalue weighted by Gasteiger charge is 2.29. The predicted octanol–water partition coefficient (Wildman–Crippen LogP) is 4.98. The van der Waals surface area contributed by atoms with E-state index in [9.17, 15) is 0 Å². The van der Waals surface area contributed by atoms with Crippen molar-refractivity contribution in [3.8, 4) is 0 Å². The molecule has 0 radical (unpaired) electrons. The van der Waals surface area contributed by atoms with E-state index < -0.39 is 0 Å². The lowest BCUT2D eigenvalue weighted by atomic mass is 9.75. The fourth-order valence-corrected chi connectivity index (χ4v) is 3.03. The van der Waals surface area contributed by atoms with Gasteiger partial charge in [-0.2, -0.15) is 0 Å². The van der Waals surface area contributed by atoms with Gasteiger partial charge in [-0.1, -0.05) is 42.6 Å². The minimum atomic E-state index is -0.102. The van der Waals surface area contributed by atoms with E-state index in [1.165, 1.54) is 43.3 Å². The Hall–Kier alpha value is -0.560. The van der Waals surface area contributed by atoms with Gasteiger partial charge in [-0.05, 0) is 59.3 Å². The highest BCUT2D eigenvalue weighted by Crippen LogP contribution is 2.32. The molecule has 0 aromatic heterocycles. The smallest absolute Gasteiger partial charge is 0.0341 e. The molecule has 0 aromatic rings. The first kappa shape index (κ1) is 15.5. The van der Waals surface area contributed by atoms with Crippen molar-refractivity contribution in [3.05, 3.63) is 23.3 Å². The van der Waals surface area contributed by atoms with E-state index in [0.29, 0.717) is 5.92 Å². The van der Waals surface area contributed by atoms with Crippen molar-refractivity contribution in [1.82, 2.24) is 0 Å². The fourth-order valence-electron chi connectivity index (χ4n) is 3.03. The molecule has 0 aromatic carbocycles. The van der Waals surface area contributed by atoms with Gasteiger partial charge in [-0.15, -0.1) is 0 Å². The first-order valence-corrected chi connectivity index (χ1v) is 7.52. The van der Waals surface area contributed by atoms with Gasteiger partial charge < -0.3 is 5.73 Å². The van der Waals surface area contributed by atoms with Crippen LogP contribution >= 0.6 is 0 Å². The molecule has 0 spiro atoms. The van der Waals surface area contributed by atoms with Crippen LogP contribution in [0.1, 0.15) is 72.6 Å². The first-order valence-electron chi connectivity index (χ1n) is 7.52. The van der Waals surface area contributed by atoms with Gasteiger partial charge >= 0.3 is 0 Å². The summed E-state index contributed by atoms with van der Waals surface area (Å²) < 4.78 is 0. The third-order valence-electron chi connectivity index (χ3n) is 4.13. The highest BCUT2D eigenvalue weighted by molar-refractivity contribution is 5.13. The molecule has 1 rings (SSSR count).